The van der Waals surface area contributed by atoms with Crippen LogP contribution in [-0.2, 0) is 16.6 Å². The highest BCUT2D eigenvalue weighted by Gasteiger charge is 2.30. The molecule has 2 bridgehead atoms. The number of pyridine rings is 1. The lowest BCUT2D eigenvalue weighted by Gasteiger charge is -2.34. The van der Waals surface area contributed by atoms with E-state index in [1.54, 1.807) is 41.4 Å². The van der Waals surface area contributed by atoms with Gasteiger partial charge in [0.25, 0.3) is 0 Å². The number of benzene rings is 1. The number of amides is 2. The average molecular weight is 529 g/mol. The van der Waals surface area contributed by atoms with Gasteiger partial charge in [-0.1, -0.05) is 31.4 Å². The SMILES string of the molecule is C[C@@H]1CCCC[C@H](N2CCC(c3cc(Cl)ccc3C#N)=CC2=O)c2cc(ccn2)-c2c(cnn2C)NC1=O. The maximum absolute atomic E-state index is 13.5. The van der Waals surface area contributed by atoms with Gasteiger partial charge in [-0.2, -0.15) is 10.4 Å². The second-order valence-corrected chi connectivity index (χ2v) is 10.4. The van der Waals surface area contributed by atoms with E-state index in [9.17, 15) is 14.9 Å². The van der Waals surface area contributed by atoms with Crippen LogP contribution in [0.3, 0.4) is 0 Å². The third-order valence-corrected chi connectivity index (χ3v) is 7.67. The lowest BCUT2D eigenvalue weighted by atomic mass is 9.93. The van der Waals surface area contributed by atoms with Crippen molar-refractivity contribution in [1.82, 2.24) is 19.7 Å². The maximum atomic E-state index is 13.5. The molecule has 5 rings (SSSR count). The Kier molecular flexibility index (Phi) is 7.30. The monoisotopic (exact) mass is 528 g/mol. The maximum Gasteiger partial charge on any atom is 0.247 e. The van der Waals surface area contributed by atoms with Crippen LogP contribution >= 0.6 is 11.6 Å². The second-order valence-electron chi connectivity index (χ2n) is 9.94. The fraction of sp³-hybridized carbons (Fsp3) is 0.345. The zero-order valence-corrected chi connectivity index (χ0v) is 22.2. The Hall–Kier alpha value is -3.96. The summed E-state index contributed by atoms with van der Waals surface area (Å²) in [6.07, 6.45) is 8.87. The molecule has 8 nitrogen and oxygen atoms in total. The Morgan fingerprint density at radius 2 is 1.97 bits per heavy atom. The molecule has 0 saturated carbocycles. The number of halogens is 1. The topological polar surface area (TPSA) is 104 Å². The van der Waals surface area contributed by atoms with Gasteiger partial charge in [0, 0.05) is 42.4 Å². The first-order chi connectivity index (χ1) is 18.4. The van der Waals surface area contributed by atoms with Crippen LogP contribution < -0.4 is 5.32 Å². The number of nitriles is 1. The lowest BCUT2D eigenvalue weighted by molar-refractivity contribution is -0.129. The van der Waals surface area contributed by atoms with E-state index in [-0.39, 0.29) is 23.8 Å². The number of nitrogens with zero attached hydrogens (tertiary/aromatic N) is 5. The third kappa shape index (κ3) is 5.07. The zero-order chi connectivity index (χ0) is 26.8. The minimum Gasteiger partial charge on any atom is -0.330 e. The Bertz CT molecular complexity index is 1470. The fourth-order valence-corrected chi connectivity index (χ4v) is 5.52. The van der Waals surface area contributed by atoms with Crippen LogP contribution in [0.25, 0.3) is 16.8 Å². The standard InChI is InChI=1S/C29H29ClN6O2/c1-18-5-3-4-6-26(24-13-20(9-11-32-24)28-25(34-29(18)38)17-33-35(28)2)36-12-10-19(14-27(36)37)23-15-22(30)8-7-21(23)16-31/h7-9,11,13-15,17-18,26H,3-6,10,12H2,1-2H3,(H,34,38)/t18-,26+/m1/s1. The van der Waals surface area contributed by atoms with E-state index in [0.717, 1.165) is 48.2 Å². The van der Waals surface area contributed by atoms with Gasteiger partial charge < -0.3 is 10.2 Å². The van der Waals surface area contributed by atoms with Gasteiger partial charge in [-0.25, -0.2) is 0 Å². The van der Waals surface area contributed by atoms with Gasteiger partial charge in [0.2, 0.25) is 11.8 Å². The summed E-state index contributed by atoms with van der Waals surface area (Å²) in [5.74, 6) is -0.272. The summed E-state index contributed by atoms with van der Waals surface area (Å²) in [6.45, 7) is 2.45. The summed E-state index contributed by atoms with van der Waals surface area (Å²) in [6, 6.07) is 11.0. The number of anilines is 1. The highest BCUT2D eigenvalue weighted by molar-refractivity contribution is 6.30. The quantitative estimate of drug-likeness (QED) is 0.472. The minimum atomic E-state index is -0.216. The number of fused-ring (bicyclic) bond motifs is 4. The molecule has 1 N–H and O–H groups in total. The highest BCUT2D eigenvalue weighted by atomic mass is 35.5. The van der Waals surface area contributed by atoms with Crippen LogP contribution in [0.5, 0.6) is 0 Å². The van der Waals surface area contributed by atoms with Crippen LogP contribution in [0.15, 0.2) is 48.8 Å². The first kappa shape index (κ1) is 25.7. The molecule has 2 atom stereocenters. The van der Waals surface area contributed by atoms with Gasteiger partial charge in [0.15, 0.2) is 0 Å². The van der Waals surface area contributed by atoms with E-state index in [1.807, 2.05) is 31.0 Å². The van der Waals surface area contributed by atoms with Crippen LogP contribution in [-0.4, -0.2) is 38.0 Å². The predicted molar refractivity (Wildman–Crippen MR) is 146 cm³/mol. The summed E-state index contributed by atoms with van der Waals surface area (Å²) in [7, 11) is 1.84. The van der Waals surface area contributed by atoms with E-state index in [4.69, 9.17) is 16.6 Å². The van der Waals surface area contributed by atoms with E-state index in [2.05, 4.69) is 16.5 Å². The normalized spacial score (nSPS) is 20.3. The summed E-state index contributed by atoms with van der Waals surface area (Å²) in [4.78, 5) is 32.9. The molecule has 0 aliphatic carbocycles. The number of rotatable bonds is 2. The summed E-state index contributed by atoms with van der Waals surface area (Å²) >= 11 is 6.20. The number of hydrogen-bond acceptors (Lipinski definition) is 5. The molecule has 0 spiro atoms. The molecule has 9 heteroatoms. The molecule has 0 unspecified atom stereocenters. The Balaban J connectivity index is 1.51. The first-order valence-electron chi connectivity index (χ1n) is 12.9. The number of aromatic nitrogens is 3. The van der Waals surface area contributed by atoms with Crippen LogP contribution in [0.1, 0.15) is 61.9 Å². The Morgan fingerprint density at radius 1 is 1.16 bits per heavy atom. The molecule has 2 amide bonds. The molecule has 0 saturated heterocycles. The van der Waals surface area contributed by atoms with E-state index in [0.29, 0.717) is 34.8 Å². The molecule has 2 aliphatic heterocycles. The molecule has 3 aromatic rings. The van der Waals surface area contributed by atoms with Gasteiger partial charge in [-0.3, -0.25) is 19.3 Å². The van der Waals surface area contributed by atoms with Gasteiger partial charge in [-0.15, -0.1) is 0 Å². The number of carbonyl (C=O) groups is 2. The van der Waals surface area contributed by atoms with Crippen molar-refractivity contribution < 1.29 is 9.59 Å². The molecule has 38 heavy (non-hydrogen) atoms. The van der Waals surface area contributed by atoms with Crippen molar-refractivity contribution in [2.24, 2.45) is 13.0 Å². The average Bonchev–Trinajstić information content (AvgIpc) is 3.28. The van der Waals surface area contributed by atoms with E-state index < -0.39 is 0 Å². The van der Waals surface area contributed by atoms with Crippen molar-refractivity contribution in [2.75, 3.05) is 11.9 Å². The molecule has 0 radical (unpaired) electrons. The summed E-state index contributed by atoms with van der Waals surface area (Å²) in [5.41, 5.74) is 5.16. The van der Waals surface area contributed by atoms with Crippen LogP contribution in [0.4, 0.5) is 5.69 Å². The van der Waals surface area contributed by atoms with Crippen molar-refractivity contribution in [2.45, 2.75) is 45.1 Å². The van der Waals surface area contributed by atoms with Gasteiger partial charge >= 0.3 is 0 Å². The van der Waals surface area contributed by atoms with Crippen molar-refractivity contribution in [3.05, 3.63) is 70.6 Å². The van der Waals surface area contributed by atoms with Crippen molar-refractivity contribution in [3.63, 3.8) is 0 Å². The number of aryl methyl sites for hydroxylation is 1. The van der Waals surface area contributed by atoms with Crippen molar-refractivity contribution in [1.29, 1.82) is 5.26 Å². The molecular weight excluding hydrogens is 500 g/mol. The molecule has 4 heterocycles. The minimum absolute atomic E-state index is 0.0223. The predicted octanol–water partition coefficient (Wildman–Crippen LogP) is 5.51. The third-order valence-electron chi connectivity index (χ3n) is 7.43. The molecular formula is C29H29ClN6O2. The Morgan fingerprint density at radius 3 is 2.76 bits per heavy atom. The smallest absolute Gasteiger partial charge is 0.247 e. The lowest BCUT2D eigenvalue weighted by Crippen LogP contribution is -2.37. The van der Waals surface area contributed by atoms with E-state index in [1.165, 1.54) is 0 Å². The van der Waals surface area contributed by atoms with Crippen molar-refractivity contribution in [3.8, 4) is 17.3 Å². The second kappa shape index (κ2) is 10.8. The zero-order valence-electron chi connectivity index (χ0n) is 21.4. The van der Waals surface area contributed by atoms with Crippen LogP contribution in [0.2, 0.25) is 5.02 Å². The number of hydrogen-bond donors (Lipinski definition) is 1. The number of carbonyl (C=O) groups excluding carboxylic acids is 2. The van der Waals surface area contributed by atoms with Crippen molar-refractivity contribution >= 4 is 34.7 Å². The van der Waals surface area contributed by atoms with Gasteiger partial charge in [0.05, 0.1) is 40.9 Å². The van der Waals surface area contributed by atoms with Crippen LogP contribution in [0, 0.1) is 17.2 Å². The summed E-state index contributed by atoms with van der Waals surface area (Å²) < 4.78 is 1.74. The molecule has 194 valence electrons. The van der Waals surface area contributed by atoms with Gasteiger partial charge in [-0.05, 0) is 60.7 Å². The highest BCUT2D eigenvalue weighted by Crippen LogP contribution is 2.36. The van der Waals surface area contributed by atoms with E-state index >= 15 is 0 Å². The first-order valence-corrected chi connectivity index (χ1v) is 13.2. The molecule has 2 aliphatic rings. The fourth-order valence-electron chi connectivity index (χ4n) is 5.34. The van der Waals surface area contributed by atoms with Gasteiger partial charge in [0.1, 0.15) is 0 Å². The molecule has 1 aromatic carbocycles. The molecule has 0 fully saturated rings. The Labute approximate surface area is 226 Å². The summed E-state index contributed by atoms with van der Waals surface area (Å²) in [5, 5.41) is 17.5. The number of nitrogens with one attached hydrogen (secondary N) is 1. The molecule has 2 aromatic heterocycles. The largest absolute Gasteiger partial charge is 0.330 e.